The molecule has 0 unspecified atom stereocenters. The van der Waals surface area contributed by atoms with Crippen LogP contribution in [0.1, 0.15) is 34.6 Å². The Balaban J connectivity index is 3.27. The first-order valence-corrected chi connectivity index (χ1v) is 4.50. The maximum absolute atomic E-state index is 3.79. The molecule has 1 aliphatic carbocycles. The first-order valence-electron chi connectivity index (χ1n) is 4.00. The molecule has 0 fully saturated rings. The molecule has 0 atom stereocenters. The number of rotatable bonds is 0. The molecular weight excluding hydrogens is 148 g/mol. The van der Waals surface area contributed by atoms with Gasteiger partial charge in [-0.05, 0) is 43.9 Å². The van der Waals surface area contributed by atoms with E-state index in [1.807, 2.05) is 0 Å². The summed E-state index contributed by atoms with van der Waals surface area (Å²) in [6, 6.07) is 0. The van der Waals surface area contributed by atoms with Gasteiger partial charge in [-0.15, -0.1) is 0 Å². The summed E-state index contributed by atoms with van der Waals surface area (Å²) >= 11 is 0. The van der Waals surface area contributed by atoms with E-state index < -0.39 is 0 Å². The molecule has 59 valence electrons. The molecule has 11 heavy (non-hydrogen) atoms. The zero-order valence-electron chi connectivity index (χ0n) is 8.00. The topological polar surface area (TPSA) is 0 Å². The lowest BCUT2D eigenvalue weighted by Gasteiger charge is -2.22. The fourth-order valence-corrected chi connectivity index (χ4v) is 1.97. The largest absolute Gasteiger partial charge is 0.0638 e. The zero-order chi connectivity index (χ0) is 8.81. The van der Waals surface area contributed by atoms with Crippen molar-refractivity contribution in [2.24, 2.45) is 0 Å². The van der Waals surface area contributed by atoms with Crippen molar-refractivity contribution in [3.8, 4) is 0 Å². The fourth-order valence-electron chi connectivity index (χ4n) is 1.59. The number of allylic oxidation sites excluding steroid dienone is 4. The van der Waals surface area contributed by atoms with Crippen molar-refractivity contribution in [2.75, 3.05) is 0 Å². The predicted molar refractivity (Wildman–Crippen MR) is 50.9 cm³/mol. The third kappa shape index (κ3) is 1.02. The molecular formula is C10H15Si. The van der Waals surface area contributed by atoms with Gasteiger partial charge in [0, 0.05) is 10.2 Å². The Morgan fingerprint density at radius 1 is 0.909 bits per heavy atom. The molecule has 0 spiro atoms. The van der Waals surface area contributed by atoms with Crippen LogP contribution in [0.2, 0.25) is 5.04 Å². The smallest absolute Gasteiger partial charge is 0.0431 e. The Morgan fingerprint density at radius 2 is 1.18 bits per heavy atom. The van der Waals surface area contributed by atoms with E-state index in [2.05, 4.69) is 44.9 Å². The van der Waals surface area contributed by atoms with Crippen LogP contribution in [0.3, 0.4) is 0 Å². The van der Waals surface area contributed by atoms with Crippen LogP contribution in [0.15, 0.2) is 22.3 Å². The Labute approximate surface area is 72.8 Å². The van der Waals surface area contributed by atoms with Crippen molar-refractivity contribution in [2.45, 2.75) is 39.7 Å². The van der Waals surface area contributed by atoms with E-state index in [0.29, 0.717) is 0 Å². The fraction of sp³-hybridized carbons (Fsp3) is 0.600. The van der Waals surface area contributed by atoms with Gasteiger partial charge >= 0.3 is 0 Å². The molecule has 0 saturated heterocycles. The molecule has 0 aromatic heterocycles. The first kappa shape index (κ1) is 8.79. The molecule has 0 saturated carbocycles. The van der Waals surface area contributed by atoms with Crippen LogP contribution in [0, 0.1) is 0 Å². The van der Waals surface area contributed by atoms with E-state index in [4.69, 9.17) is 0 Å². The quantitative estimate of drug-likeness (QED) is 0.482. The Hall–Kier alpha value is -0.303. The van der Waals surface area contributed by atoms with Gasteiger partial charge in [0.05, 0.1) is 0 Å². The maximum atomic E-state index is 3.79. The highest BCUT2D eigenvalue weighted by atomic mass is 28.1. The molecule has 0 amide bonds. The molecule has 1 heteroatoms. The second-order valence-corrected chi connectivity index (χ2v) is 4.62. The van der Waals surface area contributed by atoms with Gasteiger partial charge in [-0.25, -0.2) is 0 Å². The average Bonchev–Trinajstić information content (AvgIpc) is 2.06. The van der Waals surface area contributed by atoms with Gasteiger partial charge < -0.3 is 0 Å². The summed E-state index contributed by atoms with van der Waals surface area (Å²) in [5.74, 6) is 0. The molecule has 1 rings (SSSR count). The second kappa shape index (κ2) is 2.34. The number of hydrogen-bond donors (Lipinski definition) is 0. The third-order valence-corrected chi connectivity index (χ3v) is 3.94. The normalized spacial score (nSPS) is 23.5. The van der Waals surface area contributed by atoms with Crippen LogP contribution >= 0.6 is 0 Å². The molecule has 0 nitrogen and oxygen atoms in total. The van der Waals surface area contributed by atoms with Crippen molar-refractivity contribution >= 4 is 10.2 Å². The minimum absolute atomic E-state index is 0.119. The second-order valence-electron chi connectivity index (χ2n) is 3.62. The summed E-state index contributed by atoms with van der Waals surface area (Å²) in [6.07, 6.45) is 0. The molecule has 1 aliphatic rings. The average molecular weight is 163 g/mol. The van der Waals surface area contributed by atoms with Gasteiger partial charge in [0.1, 0.15) is 0 Å². The van der Waals surface area contributed by atoms with E-state index in [-0.39, 0.29) is 5.04 Å². The van der Waals surface area contributed by atoms with Crippen LogP contribution in [0.25, 0.3) is 0 Å². The molecule has 3 radical (unpaired) electrons. The predicted octanol–water partition coefficient (Wildman–Crippen LogP) is 3.02. The highest BCUT2D eigenvalue weighted by molar-refractivity contribution is 6.20. The SMILES string of the molecule is CC1=C(C)C(C)([Si])C(C)=C1C. The van der Waals surface area contributed by atoms with Crippen LogP contribution in [0.4, 0.5) is 0 Å². The van der Waals surface area contributed by atoms with E-state index in [9.17, 15) is 0 Å². The van der Waals surface area contributed by atoms with Crippen LogP contribution in [0.5, 0.6) is 0 Å². The highest BCUT2D eigenvalue weighted by Crippen LogP contribution is 2.49. The van der Waals surface area contributed by atoms with Gasteiger partial charge in [-0.3, -0.25) is 0 Å². The third-order valence-electron chi connectivity index (χ3n) is 3.19. The monoisotopic (exact) mass is 163 g/mol. The van der Waals surface area contributed by atoms with Crippen LogP contribution in [-0.4, -0.2) is 10.2 Å². The lowest BCUT2D eigenvalue weighted by atomic mass is 9.98. The number of hydrogen-bond acceptors (Lipinski definition) is 0. The van der Waals surface area contributed by atoms with Crippen molar-refractivity contribution < 1.29 is 0 Å². The highest BCUT2D eigenvalue weighted by Gasteiger charge is 2.31. The van der Waals surface area contributed by atoms with Gasteiger partial charge in [0.25, 0.3) is 0 Å². The minimum atomic E-state index is 0.119. The Bertz CT molecular complexity index is 228. The lowest BCUT2D eigenvalue weighted by Crippen LogP contribution is -2.07. The lowest BCUT2D eigenvalue weighted by molar-refractivity contribution is 0.841. The van der Waals surface area contributed by atoms with Crippen molar-refractivity contribution in [3.05, 3.63) is 22.3 Å². The maximum Gasteiger partial charge on any atom is 0.0431 e. The Morgan fingerprint density at radius 3 is 1.27 bits per heavy atom. The van der Waals surface area contributed by atoms with E-state index >= 15 is 0 Å². The Kier molecular flexibility index (Phi) is 1.87. The molecule has 0 aromatic rings. The summed E-state index contributed by atoms with van der Waals surface area (Å²) in [6.45, 7) is 11.0. The van der Waals surface area contributed by atoms with E-state index in [1.165, 1.54) is 22.3 Å². The summed E-state index contributed by atoms with van der Waals surface area (Å²) in [7, 11) is 3.79. The van der Waals surface area contributed by atoms with Gasteiger partial charge in [-0.1, -0.05) is 18.1 Å². The zero-order valence-corrected chi connectivity index (χ0v) is 9.00. The summed E-state index contributed by atoms with van der Waals surface area (Å²) in [4.78, 5) is 0. The van der Waals surface area contributed by atoms with Crippen molar-refractivity contribution in [3.63, 3.8) is 0 Å². The summed E-state index contributed by atoms with van der Waals surface area (Å²) < 4.78 is 0. The minimum Gasteiger partial charge on any atom is -0.0638 e. The van der Waals surface area contributed by atoms with E-state index in [0.717, 1.165) is 0 Å². The summed E-state index contributed by atoms with van der Waals surface area (Å²) in [5.41, 5.74) is 5.79. The van der Waals surface area contributed by atoms with E-state index in [1.54, 1.807) is 0 Å². The van der Waals surface area contributed by atoms with Crippen molar-refractivity contribution in [1.29, 1.82) is 0 Å². The molecule has 0 bridgehead atoms. The molecule has 0 N–H and O–H groups in total. The standard InChI is InChI=1S/C10H15Si/c1-6-7(2)9(4)10(5,11)8(6)3/h1-5H3. The molecule has 0 heterocycles. The summed E-state index contributed by atoms with van der Waals surface area (Å²) in [5, 5.41) is 0.119. The first-order chi connectivity index (χ1) is 4.89. The molecule has 0 aromatic carbocycles. The van der Waals surface area contributed by atoms with Gasteiger partial charge in [-0.2, -0.15) is 0 Å². The van der Waals surface area contributed by atoms with Crippen molar-refractivity contribution in [1.82, 2.24) is 0 Å². The van der Waals surface area contributed by atoms with Crippen LogP contribution in [-0.2, 0) is 0 Å². The van der Waals surface area contributed by atoms with Gasteiger partial charge in [0.15, 0.2) is 0 Å². The van der Waals surface area contributed by atoms with Crippen LogP contribution < -0.4 is 0 Å². The molecule has 0 aliphatic heterocycles. The van der Waals surface area contributed by atoms with Gasteiger partial charge in [0.2, 0.25) is 0 Å².